The van der Waals surface area contributed by atoms with E-state index in [0.29, 0.717) is 30.3 Å². The number of rotatable bonds is 6. The van der Waals surface area contributed by atoms with Crippen molar-refractivity contribution >= 4 is 10.0 Å². The Morgan fingerprint density at radius 2 is 2.10 bits per heavy atom. The van der Waals surface area contributed by atoms with E-state index in [0.717, 1.165) is 0 Å². The molecule has 0 spiro atoms. The minimum Gasteiger partial charge on any atom is -0.329 e. The number of nitrogens with two attached hydrogens (primary N) is 1. The van der Waals surface area contributed by atoms with Gasteiger partial charge in [-0.1, -0.05) is 0 Å². The number of nitrogens with one attached hydrogen (secondary N) is 1. The van der Waals surface area contributed by atoms with E-state index in [1.165, 1.54) is 6.33 Å². The number of hydrogen-bond donors (Lipinski definition) is 2. The van der Waals surface area contributed by atoms with E-state index >= 15 is 0 Å². The second-order valence-electron chi connectivity index (χ2n) is 4.69. The molecular formula is C11H19N7O2S. The van der Waals surface area contributed by atoms with Gasteiger partial charge in [0.05, 0.1) is 24.5 Å². The molecule has 116 valence electrons. The molecule has 0 saturated carbocycles. The van der Waals surface area contributed by atoms with Crippen LogP contribution in [0.3, 0.4) is 0 Å². The third-order valence-corrected chi connectivity index (χ3v) is 4.80. The molecule has 9 nitrogen and oxygen atoms in total. The molecule has 0 aromatic carbocycles. The number of aryl methyl sites for hydroxylation is 2. The topological polar surface area (TPSA) is 121 Å². The molecule has 3 N–H and O–H groups in total. The predicted octanol–water partition coefficient (Wildman–Crippen LogP) is -0.934. The summed E-state index contributed by atoms with van der Waals surface area (Å²) in [5, 5.41) is 11.8. The highest BCUT2D eigenvalue weighted by Crippen LogP contribution is 2.19. The molecule has 0 bridgehead atoms. The van der Waals surface area contributed by atoms with Gasteiger partial charge in [-0.15, -0.1) is 10.2 Å². The first-order chi connectivity index (χ1) is 9.86. The Kier molecular flexibility index (Phi) is 4.40. The maximum atomic E-state index is 12.4. The van der Waals surface area contributed by atoms with Gasteiger partial charge in [0.25, 0.3) is 0 Å². The van der Waals surface area contributed by atoms with Crippen molar-refractivity contribution in [1.82, 2.24) is 29.3 Å². The molecular weight excluding hydrogens is 294 g/mol. The molecule has 21 heavy (non-hydrogen) atoms. The van der Waals surface area contributed by atoms with Crippen molar-refractivity contribution in [2.75, 3.05) is 6.54 Å². The Labute approximate surface area is 123 Å². The van der Waals surface area contributed by atoms with Crippen molar-refractivity contribution in [3.63, 3.8) is 0 Å². The molecule has 0 radical (unpaired) electrons. The Morgan fingerprint density at radius 1 is 1.38 bits per heavy atom. The minimum absolute atomic E-state index is 0.0692. The predicted molar refractivity (Wildman–Crippen MR) is 75.8 cm³/mol. The van der Waals surface area contributed by atoms with Crippen LogP contribution < -0.4 is 10.5 Å². The summed E-state index contributed by atoms with van der Waals surface area (Å²) in [6.45, 7) is 4.32. The molecule has 2 heterocycles. The maximum Gasteiger partial charge on any atom is 0.244 e. The number of sulfonamides is 1. The molecule has 0 aliphatic rings. The van der Waals surface area contributed by atoms with Crippen LogP contribution in [0.2, 0.25) is 0 Å². The van der Waals surface area contributed by atoms with Crippen LogP contribution in [-0.4, -0.2) is 39.5 Å². The van der Waals surface area contributed by atoms with Crippen molar-refractivity contribution < 1.29 is 8.42 Å². The Bertz CT molecular complexity index is 732. The van der Waals surface area contributed by atoms with Crippen LogP contribution in [-0.2, 0) is 30.2 Å². The van der Waals surface area contributed by atoms with E-state index < -0.39 is 10.0 Å². The van der Waals surface area contributed by atoms with Gasteiger partial charge in [-0.3, -0.25) is 4.68 Å². The fourth-order valence-corrected chi connectivity index (χ4v) is 3.50. The first-order valence-electron chi connectivity index (χ1n) is 6.43. The Morgan fingerprint density at radius 3 is 2.67 bits per heavy atom. The smallest absolute Gasteiger partial charge is 0.244 e. The highest BCUT2D eigenvalue weighted by molar-refractivity contribution is 7.89. The fourth-order valence-electron chi connectivity index (χ4n) is 2.11. The first kappa shape index (κ1) is 15.6. The molecule has 0 aliphatic carbocycles. The molecule has 0 atom stereocenters. The fraction of sp³-hybridized carbons (Fsp3) is 0.545. The minimum atomic E-state index is -3.67. The average Bonchev–Trinajstić information content (AvgIpc) is 2.92. The summed E-state index contributed by atoms with van der Waals surface area (Å²) in [6.07, 6.45) is 1.51. The number of hydrogen-bond acceptors (Lipinski definition) is 6. The van der Waals surface area contributed by atoms with E-state index in [4.69, 9.17) is 5.73 Å². The van der Waals surface area contributed by atoms with Gasteiger partial charge in [-0.05, 0) is 13.8 Å². The molecule has 2 rings (SSSR count). The normalized spacial score (nSPS) is 12.0. The third-order valence-electron chi connectivity index (χ3n) is 3.15. The van der Waals surface area contributed by atoms with Gasteiger partial charge in [0.15, 0.2) is 0 Å². The summed E-state index contributed by atoms with van der Waals surface area (Å²) in [4.78, 5) is 0.193. The van der Waals surface area contributed by atoms with Crippen molar-refractivity contribution in [3.8, 4) is 0 Å². The average molecular weight is 313 g/mol. The van der Waals surface area contributed by atoms with Crippen LogP contribution in [0.25, 0.3) is 0 Å². The number of nitrogens with zero attached hydrogens (tertiary/aromatic N) is 5. The Hall–Kier alpha value is -1.78. The Balaban J connectivity index is 2.25. The summed E-state index contributed by atoms with van der Waals surface area (Å²) in [5.41, 5.74) is 6.52. The van der Waals surface area contributed by atoms with Crippen molar-refractivity contribution in [2.24, 2.45) is 12.8 Å². The van der Waals surface area contributed by atoms with Crippen LogP contribution in [0.1, 0.15) is 17.2 Å². The van der Waals surface area contributed by atoms with Gasteiger partial charge in [-0.2, -0.15) is 5.10 Å². The van der Waals surface area contributed by atoms with Crippen LogP contribution in [0, 0.1) is 13.8 Å². The van der Waals surface area contributed by atoms with Crippen LogP contribution in [0.4, 0.5) is 0 Å². The summed E-state index contributed by atoms with van der Waals surface area (Å²) in [6, 6.07) is 0. The third kappa shape index (κ3) is 3.12. The monoisotopic (exact) mass is 313 g/mol. The zero-order chi connectivity index (χ0) is 15.6. The highest BCUT2D eigenvalue weighted by atomic mass is 32.2. The largest absolute Gasteiger partial charge is 0.329 e. The molecule has 2 aromatic rings. The number of aromatic nitrogens is 5. The van der Waals surface area contributed by atoms with Gasteiger partial charge in [-0.25, -0.2) is 13.1 Å². The van der Waals surface area contributed by atoms with Crippen molar-refractivity contribution in [3.05, 3.63) is 23.5 Å². The molecule has 2 aromatic heterocycles. The summed E-state index contributed by atoms with van der Waals surface area (Å²) < 4.78 is 30.7. The lowest BCUT2D eigenvalue weighted by molar-refractivity contribution is 0.574. The van der Waals surface area contributed by atoms with Gasteiger partial charge in [0.1, 0.15) is 17.0 Å². The summed E-state index contributed by atoms with van der Waals surface area (Å²) in [5.74, 6) is 0.531. The van der Waals surface area contributed by atoms with E-state index in [2.05, 4.69) is 20.0 Å². The molecule has 0 amide bonds. The lowest BCUT2D eigenvalue weighted by Gasteiger charge is -2.07. The lowest BCUT2D eigenvalue weighted by Crippen LogP contribution is -2.26. The van der Waals surface area contributed by atoms with E-state index in [-0.39, 0.29) is 11.4 Å². The standard InChI is InChI=1S/C11H19N7O2S/c1-8-11(9(2)18(16-8)5-4-12)21(19,20)14-6-10-15-13-7-17(10)3/h7,14H,4-6,12H2,1-3H3. The van der Waals surface area contributed by atoms with Crippen LogP contribution in [0.15, 0.2) is 11.2 Å². The lowest BCUT2D eigenvalue weighted by atomic mass is 10.4. The van der Waals surface area contributed by atoms with Crippen LogP contribution in [0.5, 0.6) is 0 Å². The zero-order valence-corrected chi connectivity index (χ0v) is 13.1. The van der Waals surface area contributed by atoms with Gasteiger partial charge in [0.2, 0.25) is 10.0 Å². The van der Waals surface area contributed by atoms with Crippen molar-refractivity contribution in [2.45, 2.75) is 31.8 Å². The van der Waals surface area contributed by atoms with Gasteiger partial charge >= 0.3 is 0 Å². The maximum absolute atomic E-state index is 12.4. The van der Waals surface area contributed by atoms with E-state index in [1.54, 1.807) is 30.1 Å². The second kappa shape index (κ2) is 5.92. The van der Waals surface area contributed by atoms with Crippen LogP contribution >= 0.6 is 0 Å². The van der Waals surface area contributed by atoms with Gasteiger partial charge in [0, 0.05) is 13.6 Å². The summed E-state index contributed by atoms with van der Waals surface area (Å²) in [7, 11) is -1.92. The molecule has 0 fully saturated rings. The van der Waals surface area contributed by atoms with E-state index in [1.807, 2.05) is 0 Å². The van der Waals surface area contributed by atoms with Gasteiger partial charge < -0.3 is 10.3 Å². The van der Waals surface area contributed by atoms with E-state index in [9.17, 15) is 8.42 Å². The highest BCUT2D eigenvalue weighted by Gasteiger charge is 2.24. The summed E-state index contributed by atoms with van der Waals surface area (Å²) >= 11 is 0. The first-order valence-corrected chi connectivity index (χ1v) is 7.91. The second-order valence-corrected chi connectivity index (χ2v) is 6.40. The zero-order valence-electron chi connectivity index (χ0n) is 12.2. The van der Waals surface area contributed by atoms with Crippen molar-refractivity contribution in [1.29, 1.82) is 0 Å². The molecule has 10 heteroatoms. The SMILES string of the molecule is Cc1nn(CCN)c(C)c1S(=O)(=O)NCc1nncn1C. The molecule has 0 aliphatic heterocycles. The molecule has 0 saturated heterocycles. The molecule has 0 unspecified atom stereocenters. The quantitative estimate of drug-likeness (QED) is 0.710.